The Hall–Kier alpha value is -11.3. The molecule has 0 radical (unpaired) electrons. The Labute approximate surface area is 612 Å². The second-order valence-corrected chi connectivity index (χ2v) is 27.3. The van der Waals surface area contributed by atoms with E-state index in [1.807, 2.05) is 66.7 Å². The Bertz CT molecular complexity index is 4930. The highest BCUT2D eigenvalue weighted by Gasteiger charge is 2.33. The average molecular weight is 1410 g/mol. The third-order valence-electron chi connectivity index (χ3n) is 20.7. The first-order chi connectivity index (χ1) is 51.3. The summed E-state index contributed by atoms with van der Waals surface area (Å²) in [7, 11) is 0. The molecule has 2 N–H and O–H groups in total. The van der Waals surface area contributed by atoms with Crippen molar-refractivity contribution in [3.63, 3.8) is 0 Å². The summed E-state index contributed by atoms with van der Waals surface area (Å²) in [5.41, 5.74) is 23.6. The molecular weight excluding hydrogens is 1320 g/mol. The van der Waals surface area contributed by atoms with E-state index in [9.17, 15) is 33.4 Å². The molecule has 0 amide bonds. The topological polar surface area (TPSA) is 167 Å². The Morgan fingerprint density at radius 2 is 0.848 bits per heavy atom. The third kappa shape index (κ3) is 16.9. The number of aromatic hydroxyl groups is 1. The first-order valence-corrected chi connectivity index (χ1v) is 36.2. The third-order valence-corrected chi connectivity index (χ3v) is 20.7. The fourth-order valence-corrected chi connectivity index (χ4v) is 15.2. The first-order valence-electron chi connectivity index (χ1n) is 36.2. The highest BCUT2D eigenvalue weighted by molar-refractivity contribution is 5.85. The maximum absolute atomic E-state index is 13.9. The van der Waals surface area contributed by atoms with Gasteiger partial charge in [-0.25, -0.2) is 8.78 Å². The number of rotatable bonds is 23. The van der Waals surface area contributed by atoms with Gasteiger partial charge in [0.15, 0.2) is 12.6 Å². The van der Waals surface area contributed by atoms with Gasteiger partial charge in [-0.15, -0.1) is 0 Å². The molecule has 0 bridgehead atoms. The molecule has 1 aliphatic heterocycles. The highest BCUT2D eigenvalue weighted by Crippen LogP contribution is 2.44. The summed E-state index contributed by atoms with van der Waals surface area (Å²) in [5.74, 6) is 1.72. The maximum Gasteiger partial charge on any atom is 0.320 e. The molecule has 105 heavy (non-hydrogen) atoms. The van der Waals surface area contributed by atoms with E-state index >= 15 is 0 Å². The minimum atomic E-state index is -0.780. The van der Waals surface area contributed by atoms with E-state index < -0.39 is 23.6 Å². The molecule has 11 aromatic rings. The van der Waals surface area contributed by atoms with Crippen molar-refractivity contribution >= 4 is 18.5 Å². The van der Waals surface area contributed by atoms with E-state index in [1.165, 1.54) is 79.5 Å². The number of carboxylic acid groups (broad SMARTS) is 1. The molecule has 9 aromatic carbocycles. The van der Waals surface area contributed by atoms with Gasteiger partial charge in [-0.05, 0) is 210 Å². The average Bonchev–Trinajstić information content (AvgIpc) is 1.70. The van der Waals surface area contributed by atoms with Gasteiger partial charge in [0.1, 0.15) is 85.2 Å². The largest absolute Gasteiger partial charge is 0.507 e. The molecule has 4 aliphatic rings. The van der Waals surface area contributed by atoms with Gasteiger partial charge in [-0.3, -0.25) is 29.3 Å². The molecule has 3 aliphatic carbocycles. The van der Waals surface area contributed by atoms with E-state index in [1.54, 1.807) is 24.5 Å². The van der Waals surface area contributed by atoms with Gasteiger partial charge < -0.3 is 33.9 Å². The van der Waals surface area contributed by atoms with E-state index in [4.69, 9.17) is 23.7 Å². The molecule has 13 nitrogen and oxygen atoms in total. The number of phenolic OH excluding ortho intramolecular Hbond substituents is 1. The number of ether oxygens (including phenoxy) is 5. The van der Waals surface area contributed by atoms with Crippen LogP contribution in [0.2, 0.25) is 0 Å². The van der Waals surface area contributed by atoms with Gasteiger partial charge in [-0.2, -0.15) is 0 Å². The summed E-state index contributed by atoms with van der Waals surface area (Å²) in [6, 6.07) is 57.4. The van der Waals surface area contributed by atoms with Crippen molar-refractivity contribution in [3.05, 3.63) is 307 Å². The summed E-state index contributed by atoms with van der Waals surface area (Å²) in [6.07, 6.45) is 17.7. The lowest BCUT2D eigenvalue weighted by Crippen LogP contribution is -2.44. The smallest absolute Gasteiger partial charge is 0.320 e. The molecule has 15 rings (SSSR count). The number of piperidine rings is 1. The van der Waals surface area contributed by atoms with Gasteiger partial charge in [0.25, 0.3) is 0 Å². The zero-order valence-corrected chi connectivity index (χ0v) is 59.5. The van der Waals surface area contributed by atoms with Crippen molar-refractivity contribution in [2.24, 2.45) is 0 Å². The molecule has 534 valence electrons. The van der Waals surface area contributed by atoms with Crippen molar-refractivity contribution in [1.82, 2.24) is 14.9 Å². The minimum Gasteiger partial charge on any atom is -0.507 e. The number of carbonyl (C=O) groups is 3. The van der Waals surface area contributed by atoms with Crippen LogP contribution < -0.4 is 23.7 Å². The number of phenols is 1. The van der Waals surface area contributed by atoms with Crippen LogP contribution in [0.5, 0.6) is 34.5 Å². The molecule has 0 spiro atoms. The van der Waals surface area contributed by atoms with Gasteiger partial charge in [0, 0.05) is 53.8 Å². The van der Waals surface area contributed by atoms with Crippen molar-refractivity contribution < 1.29 is 57.1 Å². The summed E-state index contributed by atoms with van der Waals surface area (Å²) >= 11 is 0. The molecule has 1 atom stereocenters. The van der Waals surface area contributed by atoms with Crippen molar-refractivity contribution in [1.29, 1.82) is 0 Å². The molecule has 1 fully saturated rings. The Kier molecular flexibility index (Phi) is 23.3. The number of likely N-dealkylation sites (tertiary alicyclic amines) is 1. The van der Waals surface area contributed by atoms with Crippen molar-refractivity contribution in [2.75, 3.05) is 6.54 Å². The molecule has 15 heteroatoms. The van der Waals surface area contributed by atoms with E-state index in [0.717, 1.165) is 152 Å². The number of nitrogens with zero attached hydrogens (tertiary/aromatic N) is 3. The minimum absolute atomic E-state index is 0.00964. The van der Waals surface area contributed by atoms with Crippen LogP contribution in [0.3, 0.4) is 0 Å². The number of hydrogen-bond donors (Lipinski definition) is 2. The summed E-state index contributed by atoms with van der Waals surface area (Å²) in [5, 5.41) is 20.1. The Morgan fingerprint density at radius 3 is 1.30 bits per heavy atom. The number of carboxylic acids is 1. The molecule has 1 saturated heterocycles. The lowest BCUT2D eigenvalue weighted by Gasteiger charge is -2.34. The molecular formula is C90H85F2N3O10. The lowest BCUT2D eigenvalue weighted by molar-refractivity contribution is -0.144. The van der Waals surface area contributed by atoms with Crippen LogP contribution in [-0.2, 0) is 82.9 Å². The number of halogens is 2. The van der Waals surface area contributed by atoms with E-state index in [-0.39, 0.29) is 19.0 Å². The number of carbonyl (C=O) groups excluding carboxylic acids is 2. The number of aliphatic carboxylic acids is 1. The fourth-order valence-electron chi connectivity index (χ4n) is 15.2. The number of benzene rings is 9. The van der Waals surface area contributed by atoms with Crippen LogP contribution in [0.4, 0.5) is 8.78 Å². The monoisotopic (exact) mass is 1410 g/mol. The van der Waals surface area contributed by atoms with Gasteiger partial charge in [-0.1, -0.05) is 152 Å². The predicted molar refractivity (Wildman–Crippen MR) is 403 cm³/mol. The predicted octanol–water partition coefficient (Wildman–Crippen LogP) is 19.2. The van der Waals surface area contributed by atoms with Crippen molar-refractivity contribution in [2.45, 2.75) is 143 Å². The van der Waals surface area contributed by atoms with Gasteiger partial charge in [0.2, 0.25) is 0 Å². The normalized spacial score (nSPS) is 14.1. The SMILES string of the molecule is Cc1c(COc2cc(O)c(C=O)c3c2CCC3)cccc1-c1ccccc1.Cc1c(COc2cc(OCc3cncc(F)c3)c(C=O)c3c2CCC3)cccc1-c1ccccc1.Cc1c(COc2cc(OCc3cncc(F)c3)c(CN3CCCC[C@H]3C(=O)O)c3c2CCC3)cccc1-c1ccccc1. The van der Waals surface area contributed by atoms with Crippen LogP contribution in [0.15, 0.2) is 201 Å². The lowest BCUT2D eigenvalue weighted by atomic mass is 9.96. The Balaban J connectivity index is 0.000000143. The second-order valence-electron chi connectivity index (χ2n) is 27.3. The summed E-state index contributed by atoms with van der Waals surface area (Å²) < 4.78 is 58.8. The van der Waals surface area contributed by atoms with Crippen molar-refractivity contribution in [3.8, 4) is 67.9 Å². The van der Waals surface area contributed by atoms with Gasteiger partial charge >= 0.3 is 5.97 Å². The molecule has 0 unspecified atom stereocenters. The van der Waals surface area contributed by atoms with E-state index in [2.05, 4.69) is 121 Å². The van der Waals surface area contributed by atoms with Crippen LogP contribution in [0, 0.1) is 32.4 Å². The van der Waals surface area contributed by atoms with Crippen LogP contribution in [0.25, 0.3) is 33.4 Å². The highest BCUT2D eigenvalue weighted by atomic mass is 19.1. The number of aldehydes is 2. The molecule has 0 saturated carbocycles. The number of fused-ring (bicyclic) bond motifs is 3. The second kappa shape index (κ2) is 33.9. The maximum atomic E-state index is 13.9. The van der Waals surface area contributed by atoms with E-state index in [0.29, 0.717) is 72.3 Å². The fraction of sp³-hybridized carbons (Fsp3) is 0.256. The molecule has 2 aromatic heterocycles. The Morgan fingerprint density at radius 1 is 0.448 bits per heavy atom. The van der Waals surface area contributed by atoms with Gasteiger partial charge in [0.05, 0.1) is 23.5 Å². The quantitative estimate of drug-likeness (QED) is 0.0581. The standard InChI is InChI=1S/C36H37FN2O4.C30H26FNO3.C24H22O3/c1-24-27(11-7-12-29(24)26-9-3-2-4-10-26)23-43-34-18-35(42-22-25-17-28(37)20-38-19-25)32(30-13-8-14-31(30)34)21-39-16-6-5-15-33(39)36(40)41;1-20-23(9-5-10-25(20)22-7-3-2-4-8-22)19-35-29-14-30(28(17-33)26-11-6-12-27(26)29)34-18-21-13-24(31)16-32-15-21;1-16-18(9-5-10-19(16)17-7-3-2-4-8-17)15-27-24-13-23(26)22(14-25)20-11-6-12-21(20)24/h2-4,7,9-12,17-20,33H,5-6,8,13-16,21-23H2,1H3,(H,40,41);2-5,7-10,13-17H,6,11-12,18-19H2,1H3;2-5,7-10,13-14,26H,6,11-12,15H2,1H3/t33-;;/m0../s1. The number of hydrogen-bond acceptors (Lipinski definition) is 12. The van der Waals surface area contributed by atoms with Crippen LogP contribution >= 0.6 is 0 Å². The summed E-state index contributed by atoms with van der Waals surface area (Å²) in [6.45, 7) is 9.10. The summed E-state index contributed by atoms with van der Waals surface area (Å²) in [4.78, 5) is 45.3. The van der Waals surface area contributed by atoms with Crippen LogP contribution in [0.1, 0.15) is 143 Å². The number of pyridine rings is 2. The zero-order chi connectivity index (χ0) is 72.8. The molecule has 3 heterocycles. The zero-order valence-electron chi connectivity index (χ0n) is 59.5. The van der Waals surface area contributed by atoms with Crippen LogP contribution in [-0.4, -0.2) is 56.2 Å². The number of aromatic nitrogens is 2. The first kappa shape index (κ1) is 72.1.